The highest BCUT2D eigenvalue weighted by Crippen LogP contribution is 2.27. The van der Waals surface area contributed by atoms with E-state index in [0.29, 0.717) is 24.5 Å². The van der Waals surface area contributed by atoms with Gasteiger partial charge in [0.25, 0.3) is 0 Å². The van der Waals surface area contributed by atoms with Gasteiger partial charge in [0.05, 0.1) is 19.2 Å². The van der Waals surface area contributed by atoms with Crippen molar-refractivity contribution in [1.82, 2.24) is 9.47 Å². The van der Waals surface area contributed by atoms with Crippen molar-refractivity contribution < 1.29 is 9.53 Å². The van der Waals surface area contributed by atoms with Gasteiger partial charge in [0.15, 0.2) is 0 Å². The number of aromatic nitrogens is 1. The normalized spacial score (nSPS) is 14.0. The van der Waals surface area contributed by atoms with Gasteiger partial charge in [0.1, 0.15) is 17.6 Å². The first-order valence-corrected chi connectivity index (χ1v) is 11.5. The average Bonchev–Trinajstić information content (AvgIpc) is 3.08. The summed E-state index contributed by atoms with van der Waals surface area (Å²) in [6, 6.07) is 20.4. The summed E-state index contributed by atoms with van der Waals surface area (Å²) in [6.45, 7) is 8.08. The SMILES string of the molecule is COc1cccc(N2CCN(CC(=O)Nc3c(C#N)c(C)c(C)n3Cc3ccccc3)CC2)c1. The Morgan fingerprint density at radius 2 is 1.79 bits per heavy atom. The van der Waals surface area contributed by atoms with Gasteiger partial charge in [-0.2, -0.15) is 5.26 Å². The van der Waals surface area contributed by atoms with Gasteiger partial charge in [-0.3, -0.25) is 9.69 Å². The predicted molar refractivity (Wildman–Crippen MR) is 134 cm³/mol. The molecule has 2 aromatic carbocycles. The Bertz CT molecular complexity index is 1190. The number of hydrogen-bond acceptors (Lipinski definition) is 5. The number of carbonyl (C=O) groups is 1. The van der Waals surface area contributed by atoms with E-state index in [-0.39, 0.29) is 5.91 Å². The van der Waals surface area contributed by atoms with Crippen LogP contribution in [-0.2, 0) is 11.3 Å². The van der Waals surface area contributed by atoms with Crippen LogP contribution < -0.4 is 15.0 Å². The number of rotatable bonds is 7. The van der Waals surface area contributed by atoms with E-state index in [1.807, 2.05) is 66.9 Å². The average molecular weight is 458 g/mol. The van der Waals surface area contributed by atoms with Crippen molar-refractivity contribution in [2.24, 2.45) is 0 Å². The summed E-state index contributed by atoms with van der Waals surface area (Å²) in [5.74, 6) is 1.33. The van der Waals surface area contributed by atoms with Crippen LogP contribution in [0.3, 0.4) is 0 Å². The zero-order chi connectivity index (χ0) is 24.1. The molecular formula is C27H31N5O2. The molecule has 3 aromatic rings. The van der Waals surface area contributed by atoms with E-state index in [9.17, 15) is 10.1 Å². The molecule has 176 valence electrons. The number of benzene rings is 2. The van der Waals surface area contributed by atoms with Crippen molar-refractivity contribution in [2.45, 2.75) is 20.4 Å². The second-order valence-corrected chi connectivity index (χ2v) is 8.63. The molecule has 34 heavy (non-hydrogen) atoms. The van der Waals surface area contributed by atoms with E-state index >= 15 is 0 Å². The molecule has 1 saturated heterocycles. The van der Waals surface area contributed by atoms with E-state index in [0.717, 1.165) is 54.4 Å². The van der Waals surface area contributed by atoms with Crippen molar-refractivity contribution >= 4 is 17.4 Å². The molecule has 0 aliphatic carbocycles. The summed E-state index contributed by atoms with van der Waals surface area (Å²) < 4.78 is 7.37. The number of amides is 1. The molecule has 1 aliphatic rings. The van der Waals surface area contributed by atoms with Crippen LogP contribution in [0, 0.1) is 25.2 Å². The quantitative estimate of drug-likeness (QED) is 0.584. The minimum absolute atomic E-state index is 0.0989. The van der Waals surface area contributed by atoms with Crippen molar-refractivity contribution in [3.8, 4) is 11.8 Å². The molecule has 0 radical (unpaired) electrons. The maximum absolute atomic E-state index is 13.0. The summed E-state index contributed by atoms with van der Waals surface area (Å²) >= 11 is 0. The van der Waals surface area contributed by atoms with Gasteiger partial charge in [-0.15, -0.1) is 0 Å². The number of nitriles is 1. The second-order valence-electron chi connectivity index (χ2n) is 8.63. The molecule has 7 nitrogen and oxygen atoms in total. The lowest BCUT2D eigenvalue weighted by atomic mass is 10.2. The van der Waals surface area contributed by atoms with E-state index in [1.54, 1.807) is 7.11 Å². The zero-order valence-electron chi connectivity index (χ0n) is 20.0. The van der Waals surface area contributed by atoms with Gasteiger partial charge in [0, 0.05) is 50.2 Å². The van der Waals surface area contributed by atoms with Crippen LogP contribution in [0.5, 0.6) is 5.75 Å². The topological polar surface area (TPSA) is 73.5 Å². The molecule has 0 atom stereocenters. The molecule has 0 spiro atoms. The highest BCUT2D eigenvalue weighted by Gasteiger charge is 2.23. The first kappa shape index (κ1) is 23.4. The van der Waals surface area contributed by atoms with Crippen molar-refractivity contribution in [3.63, 3.8) is 0 Å². The number of ether oxygens (including phenoxy) is 1. The summed E-state index contributed by atoms with van der Waals surface area (Å²) in [5, 5.41) is 12.8. The number of anilines is 2. The molecule has 1 amide bonds. The molecule has 0 unspecified atom stereocenters. The highest BCUT2D eigenvalue weighted by molar-refractivity contribution is 5.93. The van der Waals surface area contributed by atoms with Gasteiger partial charge in [0.2, 0.25) is 5.91 Å². The second kappa shape index (κ2) is 10.4. The minimum Gasteiger partial charge on any atom is -0.497 e. The smallest absolute Gasteiger partial charge is 0.239 e. The third kappa shape index (κ3) is 5.08. The number of carbonyl (C=O) groups excluding carboxylic acids is 1. The molecule has 2 heterocycles. The first-order chi connectivity index (χ1) is 16.5. The maximum Gasteiger partial charge on any atom is 0.239 e. The standard InChI is InChI=1S/C27H31N5O2/c1-20-21(2)32(18-22-8-5-4-6-9-22)27(25(20)17-28)29-26(33)19-30-12-14-31(15-13-30)23-10-7-11-24(16-23)34-3/h4-11,16H,12-15,18-19H2,1-3H3,(H,29,33). The Morgan fingerprint density at radius 3 is 2.47 bits per heavy atom. The largest absolute Gasteiger partial charge is 0.497 e. The fourth-order valence-corrected chi connectivity index (χ4v) is 4.44. The molecule has 4 rings (SSSR count). The molecule has 1 aromatic heterocycles. The van der Waals surface area contributed by atoms with Crippen LogP contribution in [0.2, 0.25) is 0 Å². The highest BCUT2D eigenvalue weighted by atomic mass is 16.5. The fourth-order valence-electron chi connectivity index (χ4n) is 4.44. The molecule has 7 heteroatoms. The van der Waals surface area contributed by atoms with Crippen LogP contribution >= 0.6 is 0 Å². The Kier molecular flexibility index (Phi) is 7.19. The fraction of sp³-hybridized carbons (Fsp3) is 0.333. The molecule has 1 fully saturated rings. The maximum atomic E-state index is 13.0. The van der Waals surface area contributed by atoms with E-state index < -0.39 is 0 Å². The Labute approximate surface area is 201 Å². The number of nitrogens with one attached hydrogen (secondary N) is 1. The Morgan fingerprint density at radius 1 is 1.06 bits per heavy atom. The Balaban J connectivity index is 1.41. The van der Waals surface area contributed by atoms with Crippen molar-refractivity contribution in [2.75, 3.05) is 50.1 Å². The number of piperazine rings is 1. The summed E-state index contributed by atoms with van der Waals surface area (Å²) in [5.41, 5.74) is 4.67. The Hall–Kier alpha value is -3.76. The first-order valence-electron chi connectivity index (χ1n) is 11.5. The lowest BCUT2D eigenvalue weighted by molar-refractivity contribution is -0.117. The van der Waals surface area contributed by atoms with Crippen LogP contribution in [0.25, 0.3) is 0 Å². The number of hydrogen-bond donors (Lipinski definition) is 1. The lowest BCUT2D eigenvalue weighted by Gasteiger charge is -2.35. The lowest BCUT2D eigenvalue weighted by Crippen LogP contribution is -2.48. The van der Waals surface area contributed by atoms with Gasteiger partial charge in [-0.25, -0.2) is 0 Å². The van der Waals surface area contributed by atoms with Crippen LogP contribution in [-0.4, -0.2) is 55.2 Å². The summed E-state index contributed by atoms with van der Waals surface area (Å²) in [6.07, 6.45) is 0. The van der Waals surface area contributed by atoms with Crippen molar-refractivity contribution in [3.05, 3.63) is 77.0 Å². The van der Waals surface area contributed by atoms with E-state index in [4.69, 9.17) is 4.74 Å². The number of methoxy groups -OCH3 is 1. The zero-order valence-corrected chi connectivity index (χ0v) is 20.0. The molecular weight excluding hydrogens is 426 g/mol. The van der Waals surface area contributed by atoms with Gasteiger partial charge in [-0.1, -0.05) is 36.4 Å². The van der Waals surface area contributed by atoms with Crippen LogP contribution in [0.15, 0.2) is 54.6 Å². The third-order valence-electron chi connectivity index (χ3n) is 6.54. The predicted octanol–water partition coefficient (Wildman–Crippen LogP) is 3.79. The van der Waals surface area contributed by atoms with Crippen LogP contribution in [0.4, 0.5) is 11.5 Å². The van der Waals surface area contributed by atoms with Gasteiger partial charge in [-0.05, 0) is 37.1 Å². The molecule has 0 saturated carbocycles. The monoisotopic (exact) mass is 457 g/mol. The summed E-state index contributed by atoms with van der Waals surface area (Å²) in [7, 11) is 1.67. The number of nitrogens with zero attached hydrogens (tertiary/aromatic N) is 4. The third-order valence-corrected chi connectivity index (χ3v) is 6.54. The van der Waals surface area contributed by atoms with Crippen LogP contribution in [0.1, 0.15) is 22.4 Å². The van der Waals surface area contributed by atoms with Gasteiger partial charge >= 0.3 is 0 Å². The van der Waals surface area contributed by atoms with E-state index in [1.165, 1.54) is 0 Å². The van der Waals surface area contributed by atoms with Gasteiger partial charge < -0.3 is 19.5 Å². The minimum atomic E-state index is -0.0989. The van der Waals surface area contributed by atoms with Crippen molar-refractivity contribution in [1.29, 1.82) is 5.26 Å². The summed E-state index contributed by atoms with van der Waals surface area (Å²) in [4.78, 5) is 17.5. The van der Waals surface area contributed by atoms with E-state index in [2.05, 4.69) is 27.3 Å². The molecule has 1 N–H and O–H groups in total. The molecule has 1 aliphatic heterocycles. The molecule has 0 bridgehead atoms.